The van der Waals surface area contributed by atoms with E-state index in [-0.39, 0.29) is 17.2 Å². The van der Waals surface area contributed by atoms with Crippen LogP contribution in [0.15, 0.2) is 6.20 Å². The Kier molecular flexibility index (Phi) is 4.01. The van der Waals surface area contributed by atoms with Crippen LogP contribution in [-0.4, -0.2) is 35.0 Å². The van der Waals surface area contributed by atoms with E-state index in [9.17, 15) is 4.79 Å². The van der Waals surface area contributed by atoms with Gasteiger partial charge in [-0.3, -0.25) is 4.79 Å². The minimum atomic E-state index is 0.0368. The number of anilines is 1. The van der Waals surface area contributed by atoms with Gasteiger partial charge in [-0.1, -0.05) is 0 Å². The summed E-state index contributed by atoms with van der Waals surface area (Å²) in [5.74, 6) is 0.936. The Hall–Kier alpha value is -1.36. The Morgan fingerprint density at radius 2 is 2.17 bits per heavy atom. The summed E-state index contributed by atoms with van der Waals surface area (Å²) in [4.78, 5) is 21.4. The van der Waals surface area contributed by atoms with Gasteiger partial charge in [0.15, 0.2) is 0 Å². The molecule has 0 atom stereocenters. The van der Waals surface area contributed by atoms with E-state index < -0.39 is 0 Å². The van der Waals surface area contributed by atoms with Crippen molar-refractivity contribution >= 4 is 23.3 Å². The molecule has 1 saturated heterocycles. The molecular weight excluding hydrogens is 252 g/mol. The van der Waals surface area contributed by atoms with E-state index in [4.69, 9.17) is 11.6 Å². The van der Waals surface area contributed by atoms with Gasteiger partial charge in [-0.25, -0.2) is 9.97 Å². The van der Waals surface area contributed by atoms with Crippen LogP contribution in [0.5, 0.6) is 0 Å². The fourth-order valence-corrected chi connectivity index (χ4v) is 2.38. The van der Waals surface area contributed by atoms with E-state index in [0.717, 1.165) is 37.3 Å². The van der Waals surface area contributed by atoms with Gasteiger partial charge < -0.3 is 10.2 Å². The average molecular weight is 269 g/mol. The van der Waals surface area contributed by atoms with E-state index in [1.165, 1.54) is 0 Å². The van der Waals surface area contributed by atoms with Crippen LogP contribution in [0.1, 0.15) is 25.3 Å². The molecule has 1 aromatic heterocycles. The lowest BCUT2D eigenvalue weighted by molar-refractivity contribution is -0.119. The normalized spacial score (nSPS) is 16.7. The highest BCUT2D eigenvalue weighted by molar-refractivity contribution is 6.28. The minimum Gasteiger partial charge on any atom is -0.356 e. The van der Waals surface area contributed by atoms with E-state index >= 15 is 0 Å². The number of piperidine rings is 1. The highest BCUT2D eigenvalue weighted by atomic mass is 35.5. The number of hydrogen-bond donors (Lipinski definition) is 1. The summed E-state index contributed by atoms with van der Waals surface area (Å²) < 4.78 is 0. The number of halogens is 1. The Morgan fingerprint density at radius 3 is 2.78 bits per heavy atom. The highest BCUT2D eigenvalue weighted by Gasteiger charge is 2.21. The minimum absolute atomic E-state index is 0.0368. The van der Waals surface area contributed by atoms with Crippen molar-refractivity contribution in [1.82, 2.24) is 15.3 Å². The van der Waals surface area contributed by atoms with Gasteiger partial charge in [0.25, 0.3) is 0 Å². The van der Waals surface area contributed by atoms with E-state index in [1.54, 1.807) is 13.1 Å². The predicted molar refractivity (Wildman–Crippen MR) is 70.8 cm³/mol. The molecule has 6 heteroatoms. The Balaban J connectivity index is 2.01. The van der Waals surface area contributed by atoms with Crippen LogP contribution >= 0.6 is 11.6 Å². The fraction of sp³-hybridized carbons (Fsp3) is 0.583. The molecule has 1 aliphatic heterocycles. The molecule has 1 aromatic rings. The number of carbonyl (C=O) groups is 1. The second-order valence-electron chi connectivity index (χ2n) is 4.61. The van der Waals surface area contributed by atoms with E-state index in [0.29, 0.717) is 0 Å². The molecule has 0 unspecified atom stereocenters. The molecule has 0 saturated carbocycles. The van der Waals surface area contributed by atoms with Crippen molar-refractivity contribution in [2.45, 2.75) is 32.7 Å². The molecular formula is C12H17ClN4O. The molecule has 5 nitrogen and oxygen atoms in total. The first-order chi connectivity index (χ1) is 8.56. The largest absolute Gasteiger partial charge is 0.356 e. The first kappa shape index (κ1) is 13.1. The standard InChI is InChI=1S/C12H17ClN4O/c1-8-7-14-12(13)16-11(8)17-5-3-10(4-6-17)15-9(2)18/h7,10H,3-6H2,1-2H3,(H,15,18). The number of carbonyl (C=O) groups excluding carboxylic acids is 1. The van der Waals surface area contributed by atoms with Crippen LogP contribution in [0.4, 0.5) is 5.82 Å². The third-order valence-corrected chi connectivity index (χ3v) is 3.30. The van der Waals surface area contributed by atoms with E-state index in [1.807, 2.05) is 6.92 Å². The molecule has 0 aliphatic carbocycles. The number of nitrogens with zero attached hydrogens (tertiary/aromatic N) is 3. The molecule has 18 heavy (non-hydrogen) atoms. The molecule has 98 valence electrons. The van der Waals surface area contributed by atoms with Gasteiger partial charge in [0.1, 0.15) is 5.82 Å². The molecule has 2 rings (SSSR count). The second kappa shape index (κ2) is 5.52. The summed E-state index contributed by atoms with van der Waals surface area (Å²) in [6, 6.07) is 0.274. The van der Waals surface area contributed by atoms with Crippen LogP contribution in [0.2, 0.25) is 5.28 Å². The van der Waals surface area contributed by atoms with Crippen molar-refractivity contribution in [3.05, 3.63) is 17.0 Å². The molecule has 1 fully saturated rings. The molecule has 0 bridgehead atoms. The Morgan fingerprint density at radius 1 is 1.50 bits per heavy atom. The summed E-state index contributed by atoms with van der Waals surface area (Å²) in [5, 5.41) is 3.23. The molecule has 1 N–H and O–H groups in total. The summed E-state index contributed by atoms with van der Waals surface area (Å²) in [6.07, 6.45) is 3.60. The topological polar surface area (TPSA) is 58.1 Å². The Labute approximate surface area is 112 Å². The molecule has 0 spiro atoms. The van der Waals surface area contributed by atoms with Crippen molar-refractivity contribution in [3.8, 4) is 0 Å². The number of nitrogens with one attached hydrogen (secondary N) is 1. The zero-order valence-electron chi connectivity index (χ0n) is 10.6. The third kappa shape index (κ3) is 3.10. The van der Waals surface area contributed by atoms with Crippen molar-refractivity contribution in [2.75, 3.05) is 18.0 Å². The number of amides is 1. The predicted octanol–water partition coefficient (Wildman–Crippen LogP) is 1.54. The van der Waals surface area contributed by atoms with Gasteiger partial charge in [-0.15, -0.1) is 0 Å². The first-order valence-electron chi connectivity index (χ1n) is 6.07. The lowest BCUT2D eigenvalue weighted by Crippen LogP contribution is -2.44. The van der Waals surface area contributed by atoms with Gasteiger partial charge in [0.2, 0.25) is 11.2 Å². The summed E-state index contributed by atoms with van der Waals surface area (Å²) in [5.41, 5.74) is 1.03. The zero-order valence-corrected chi connectivity index (χ0v) is 11.4. The van der Waals surface area contributed by atoms with Crippen molar-refractivity contribution in [1.29, 1.82) is 0 Å². The maximum atomic E-state index is 11.0. The molecule has 0 aromatic carbocycles. The quantitative estimate of drug-likeness (QED) is 0.827. The van der Waals surface area contributed by atoms with Crippen LogP contribution in [-0.2, 0) is 4.79 Å². The monoisotopic (exact) mass is 268 g/mol. The van der Waals surface area contributed by atoms with Crippen LogP contribution in [0.3, 0.4) is 0 Å². The number of aryl methyl sites for hydroxylation is 1. The highest BCUT2D eigenvalue weighted by Crippen LogP contribution is 2.22. The fourth-order valence-electron chi connectivity index (χ4n) is 2.26. The maximum absolute atomic E-state index is 11.0. The number of rotatable bonds is 2. The van der Waals surface area contributed by atoms with Crippen molar-refractivity contribution in [3.63, 3.8) is 0 Å². The second-order valence-corrected chi connectivity index (χ2v) is 4.95. The maximum Gasteiger partial charge on any atom is 0.224 e. The van der Waals surface area contributed by atoms with Crippen molar-refractivity contribution in [2.24, 2.45) is 0 Å². The SMILES string of the molecule is CC(=O)NC1CCN(c2nc(Cl)ncc2C)CC1. The number of hydrogen-bond acceptors (Lipinski definition) is 4. The zero-order chi connectivity index (χ0) is 13.1. The lowest BCUT2D eigenvalue weighted by atomic mass is 10.0. The Bertz CT molecular complexity index is 444. The van der Waals surface area contributed by atoms with E-state index in [2.05, 4.69) is 20.2 Å². The summed E-state index contributed by atoms with van der Waals surface area (Å²) >= 11 is 5.83. The van der Waals surface area contributed by atoms with Crippen LogP contribution in [0, 0.1) is 6.92 Å². The molecule has 0 radical (unpaired) electrons. The molecule has 1 aliphatic rings. The van der Waals surface area contributed by atoms with Gasteiger partial charge >= 0.3 is 0 Å². The summed E-state index contributed by atoms with van der Waals surface area (Å²) in [7, 11) is 0. The number of aromatic nitrogens is 2. The van der Waals surface area contributed by atoms with Gasteiger partial charge in [-0.2, -0.15) is 0 Å². The first-order valence-corrected chi connectivity index (χ1v) is 6.45. The average Bonchev–Trinajstić information content (AvgIpc) is 2.33. The smallest absolute Gasteiger partial charge is 0.224 e. The molecule has 1 amide bonds. The van der Waals surface area contributed by atoms with Crippen LogP contribution < -0.4 is 10.2 Å². The summed E-state index contributed by atoms with van der Waals surface area (Å²) in [6.45, 7) is 5.28. The third-order valence-electron chi connectivity index (χ3n) is 3.12. The lowest BCUT2D eigenvalue weighted by Gasteiger charge is -2.33. The molecule has 2 heterocycles. The van der Waals surface area contributed by atoms with Gasteiger partial charge in [0.05, 0.1) is 0 Å². The van der Waals surface area contributed by atoms with Gasteiger partial charge in [-0.05, 0) is 31.4 Å². The van der Waals surface area contributed by atoms with Crippen LogP contribution in [0.25, 0.3) is 0 Å². The van der Waals surface area contributed by atoms with Gasteiger partial charge in [0, 0.05) is 37.8 Å². The van der Waals surface area contributed by atoms with Crippen molar-refractivity contribution < 1.29 is 4.79 Å².